The first-order chi connectivity index (χ1) is 8.88. The van der Waals surface area contributed by atoms with E-state index in [0.717, 1.165) is 6.42 Å². The van der Waals surface area contributed by atoms with Gasteiger partial charge in [0.1, 0.15) is 0 Å². The lowest BCUT2D eigenvalue weighted by molar-refractivity contribution is -0.384. The predicted molar refractivity (Wildman–Crippen MR) is 76.7 cm³/mol. The van der Waals surface area contributed by atoms with Crippen molar-refractivity contribution in [2.24, 2.45) is 0 Å². The van der Waals surface area contributed by atoms with E-state index in [-0.39, 0.29) is 17.9 Å². The highest BCUT2D eigenvalue weighted by molar-refractivity contribution is 8.10. The van der Waals surface area contributed by atoms with Crippen LogP contribution in [-0.2, 0) is 20.9 Å². The highest BCUT2D eigenvalue weighted by Gasteiger charge is 2.31. The van der Waals surface area contributed by atoms with Crippen LogP contribution in [-0.4, -0.2) is 17.1 Å². The number of nitrogens with zero attached hydrogens (tertiary/aromatic N) is 1. The normalized spacial score (nSPS) is 30.8. The largest absolute Gasteiger partial charge is 0.316 e. The summed E-state index contributed by atoms with van der Waals surface area (Å²) < 4.78 is 11.4. The molecule has 0 aliphatic carbocycles. The molecule has 19 heavy (non-hydrogen) atoms. The number of hydrogen-bond acceptors (Lipinski definition) is 5. The molecule has 0 amide bonds. The Hall–Kier alpha value is -1.01. The van der Waals surface area contributed by atoms with E-state index in [1.165, 1.54) is 12.1 Å². The fraction of sp³-hybridized carbons (Fsp3) is 0.455. The summed E-state index contributed by atoms with van der Waals surface area (Å²) in [6.07, 6.45) is 0.889. The summed E-state index contributed by atoms with van der Waals surface area (Å²) in [6.45, 7) is 1.34. The van der Waals surface area contributed by atoms with Crippen LogP contribution in [0.25, 0.3) is 0 Å². The second-order valence-corrected chi connectivity index (χ2v) is 7.56. The molecule has 2 unspecified atom stereocenters. The van der Waals surface area contributed by atoms with Crippen LogP contribution in [0.3, 0.4) is 0 Å². The third-order valence-corrected chi connectivity index (χ3v) is 5.24. The Morgan fingerprint density at radius 3 is 2.32 bits per heavy atom. The minimum Gasteiger partial charge on any atom is -0.316 e. The number of nitrogens with one attached hydrogen (secondary N) is 1. The van der Waals surface area contributed by atoms with Crippen LogP contribution in [0.5, 0.6) is 0 Å². The molecule has 1 heterocycles. The number of anilines is 1. The van der Waals surface area contributed by atoms with E-state index < -0.39 is 11.6 Å². The molecule has 6 nitrogen and oxygen atoms in total. The predicted octanol–water partition coefficient (Wildman–Crippen LogP) is 3.45. The monoisotopic (exact) mass is 302 g/mol. The van der Waals surface area contributed by atoms with Gasteiger partial charge in [-0.05, 0) is 37.8 Å². The van der Waals surface area contributed by atoms with Gasteiger partial charge in [0.05, 0.1) is 17.1 Å². The minimum absolute atomic E-state index is 0.0366. The molecule has 1 aliphatic heterocycles. The van der Waals surface area contributed by atoms with E-state index in [0.29, 0.717) is 5.69 Å². The molecular weight excluding hydrogens is 287 g/mol. The summed E-state index contributed by atoms with van der Waals surface area (Å²) in [5.74, 6) is 0. The number of hydrogen-bond donors (Lipinski definition) is 1. The van der Waals surface area contributed by atoms with Crippen LogP contribution < -0.4 is 5.09 Å². The van der Waals surface area contributed by atoms with Gasteiger partial charge in [0.15, 0.2) is 0 Å². The third-order valence-electron chi connectivity index (χ3n) is 2.65. The first-order valence-corrected chi connectivity index (χ1v) is 8.51. The lowest BCUT2D eigenvalue weighted by Gasteiger charge is -2.35. The first kappa shape index (κ1) is 14.4. The van der Waals surface area contributed by atoms with Gasteiger partial charge < -0.3 is 14.1 Å². The molecule has 1 aliphatic rings. The average molecular weight is 302 g/mol. The van der Waals surface area contributed by atoms with Crippen molar-refractivity contribution in [2.45, 2.75) is 32.5 Å². The molecule has 0 aromatic heterocycles. The summed E-state index contributed by atoms with van der Waals surface area (Å²) in [5.41, 5.74) is 0.699. The van der Waals surface area contributed by atoms with E-state index >= 15 is 0 Å². The molecule has 1 aromatic rings. The molecule has 2 rings (SSSR count). The van der Waals surface area contributed by atoms with E-state index in [4.69, 9.17) is 20.9 Å². The van der Waals surface area contributed by atoms with Crippen molar-refractivity contribution in [3.05, 3.63) is 34.4 Å². The zero-order valence-electron chi connectivity index (χ0n) is 10.6. The fourth-order valence-electron chi connectivity index (χ4n) is 1.92. The maximum atomic E-state index is 10.6. The SMILES string of the molecule is CC1CC(C)OP(=S)(Nc2ccc([N+](=O)[O-])cc2)O1. The summed E-state index contributed by atoms with van der Waals surface area (Å²) in [7, 11) is 0. The van der Waals surface area contributed by atoms with Gasteiger partial charge in [-0.2, -0.15) is 0 Å². The smallest absolute Gasteiger partial charge is 0.288 e. The van der Waals surface area contributed by atoms with Gasteiger partial charge in [0.2, 0.25) is 0 Å². The molecule has 2 atom stereocenters. The second-order valence-electron chi connectivity index (χ2n) is 4.48. The Labute approximate surface area is 116 Å². The highest BCUT2D eigenvalue weighted by atomic mass is 32.5. The molecule has 104 valence electrons. The lowest BCUT2D eigenvalue weighted by atomic mass is 10.2. The number of nitro groups is 1. The number of non-ortho nitro benzene ring substituents is 1. The zero-order valence-corrected chi connectivity index (χ0v) is 12.3. The number of nitro benzene ring substituents is 1. The summed E-state index contributed by atoms with van der Waals surface area (Å²) in [4.78, 5) is 10.1. The molecule has 1 fully saturated rings. The first-order valence-electron chi connectivity index (χ1n) is 5.87. The van der Waals surface area contributed by atoms with Crippen LogP contribution >= 0.6 is 6.64 Å². The second kappa shape index (κ2) is 5.54. The van der Waals surface area contributed by atoms with Crippen molar-refractivity contribution in [1.29, 1.82) is 0 Å². The summed E-state index contributed by atoms with van der Waals surface area (Å²) >= 11 is 5.40. The van der Waals surface area contributed by atoms with E-state index in [1.807, 2.05) is 13.8 Å². The zero-order chi connectivity index (χ0) is 14.0. The van der Waals surface area contributed by atoms with Gasteiger partial charge >= 0.3 is 0 Å². The Morgan fingerprint density at radius 1 is 1.32 bits per heavy atom. The maximum Gasteiger partial charge on any atom is 0.288 e. The Bertz CT molecular complexity index is 508. The number of benzene rings is 1. The minimum atomic E-state index is -2.57. The van der Waals surface area contributed by atoms with E-state index in [2.05, 4.69) is 5.09 Å². The third kappa shape index (κ3) is 3.73. The average Bonchev–Trinajstić information content (AvgIpc) is 2.26. The Balaban J connectivity index is 2.11. The molecule has 1 saturated heterocycles. The van der Waals surface area contributed by atoms with Crippen LogP contribution in [0.15, 0.2) is 24.3 Å². The molecule has 0 spiro atoms. The van der Waals surface area contributed by atoms with Gasteiger partial charge in [-0.15, -0.1) is 0 Å². The van der Waals surface area contributed by atoms with E-state index in [1.54, 1.807) is 12.1 Å². The van der Waals surface area contributed by atoms with Crippen molar-refractivity contribution in [3.63, 3.8) is 0 Å². The van der Waals surface area contributed by atoms with Crippen molar-refractivity contribution < 1.29 is 14.0 Å². The van der Waals surface area contributed by atoms with Gasteiger partial charge in [-0.3, -0.25) is 10.1 Å². The fourth-order valence-corrected chi connectivity index (χ4v) is 4.86. The van der Waals surface area contributed by atoms with E-state index in [9.17, 15) is 10.1 Å². The van der Waals surface area contributed by atoms with Crippen LogP contribution in [0, 0.1) is 10.1 Å². The topological polar surface area (TPSA) is 73.6 Å². The van der Waals surface area contributed by atoms with Crippen LogP contribution in [0.2, 0.25) is 0 Å². The lowest BCUT2D eigenvalue weighted by Crippen LogP contribution is -2.26. The maximum absolute atomic E-state index is 10.6. The summed E-state index contributed by atoms with van der Waals surface area (Å²) in [5, 5.41) is 13.6. The molecular formula is C11H15N2O4PS. The Kier molecular flexibility index (Phi) is 4.20. The Morgan fingerprint density at radius 2 is 1.84 bits per heavy atom. The molecule has 8 heteroatoms. The molecule has 1 aromatic carbocycles. The van der Waals surface area contributed by atoms with Crippen molar-refractivity contribution in [1.82, 2.24) is 0 Å². The van der Waals surface area contributed by atoms with Crippen molar-refractivity contribution >= 4 is 29.8 Å². The molecule has 0 saturated carbocycles. The quantitative estimate of drug-likeness (QED) is 0.524. The van der Waals surface area contributed by atoms with Crippen molar-refractivity contribution in [2.75, 3.05) is 5.09 Å². The van der Waals surface area contributed by atoms with Crippen LogP contribution in [0.4, 0.5) is 11.4 Å². The number of rotatable bonds is 3. The molecule has 0 bridgehead atoms. The van der Waals surface area contributed by atoms with Crippen molar-refractivity contribution in [3.8, 4) is 0 Å². The molecule has 1 N–H and O–H groups in total. The molecule has 0 radical (unpaired) electrons. The van der Waals surface area contributed by atoms with Gasteiger partial charge in [0, 0.05) is 24.2 Å². The van der Waals surface area contributed by atoms with Gasteiger partial charge in [0.25, 0.3) is 12.3 Å². The summed E-state index contributed by atoms with van der Waals surface area (Å²) in [6, 6.07) is 6.03. The standard InChI is InChI=1S/C11H15N2O4PS/c1-8-7-9(2)17-18(19,16-8)12-10-3-5-11(6-4-10)13(14)15/h3-6,8-9H,7H2,1-2H3,(H,12,19). The highest BCUT2D eigenvalue weighted by Crippen LogP contribution is 2.54. The van der Waals surface area contributed by atoms with Gasteiger partial charge in [-0.25, -0.2) is 0 Å². The van der Waals surface area contributed by atoms with Gasteiger partial charge in [-0.1, -0.05) is 0 Å². The van der Waals surface area contributed by atoms with Crippen LogP contribution in [0.1, 0.15) is 20.3 Å².